The van der Waals surface area contributed by atoms with Gasteiger partial charge in [0, 0.05) is 25.3 Å². The molecular formula is C18H16F4N2O. The van der Waals surface area contributed by atoms with Crippen LogP contribution in [0.5, 0.6) is 0 Å². The minimum absolute atomic E-state index is 0.127. The van der Waals surface area contributed by atoms with Crippen LogP contribution in [0.2, 0.25) is 0 Å². The van der Waals surface area contributed by atoms with Gasteiger partial charge in [0.05, 0.1) is 5.56 Å². The van der Waals surface area contributed by atoms with Crippen molar-refractivity contribution in [2.45, 2.75) is 6.42 Å². The van der Waals surface area contributed by atoms with Gasteiger partial charge in [-0.2, -0.15) is 0 Å². The normalized spacial score (nSPS) is 17.0. The topological polar surface area (TPSA) is 32.3 Å². The van der Waals surface area contributed by atoms with Gasteiger partial charge in [0.2, 0.25) is 0 Å². The second-order valence-electron chi connectivity index (χ2n) is 6.01. The summed E-state index contributed by atoms with van der Waals surface area (Å²) < 4.78 is 52.7. The van der Waals surface area contributed by atoms with Gasteiger partial charge in [-0.05, 0) is 48.7 Å². The lowest BCUT2D eigenvalue weighted by atomic mass is 10.1. The summed E-state index contributed by atoms with van der Waals surface area (Å²) in [7, 11) is 0. The summed E-state index contributed by atoms with van der Waals surface area (Å²) in [6.07, 6.45) is 0.803. The monoisotopic (exact) mass is 352 g/mol. The van der Waals surface area contributed by atoms with Crippen molar-refractivity contribution in [3.05, 3.63) is 65.2 Å². The van der Waals surface area contributed by atoms with Crippen LogP contribution in [0.25, 0.3) is 0 Å². The van der Waals surface area contributed by atoms with Gasteiger partial charge in [-0.3, -0.25) is 4.79 Å². The Hall–Kier alpha value is -2.57. The van der Waals surface area contributed by atoms with E-state index in [1.54, 1.807) is 12.1 Å². The predicted octanol–water partition coefficient (Wildman–Crippen LogP) is 3.50. The van der Waals surface area contributed by atoms with Gasteiger partial charge in [0.25, 0.3) is 5.91 Å². The number of anilines is 1. The van der Waals surface area contributed by atoms with E-state index in [9.17, 15) is 22.4 Å². The van der Waals surface area contributed by atoms with Gasteiger partial charge in [0.1, 0.15) is 5.82 Å². The molecule has 1 atom stereocenters. The highest BCUT2D eigenvalue weighted by Crippen LogP contribution is 2.24. The van der Waals surface area contributed by atoms with Gasteiger partial charge >= 0.3 is 0 Å². The van der Waals surface area contributed by atoms with Gasteiger partial charge in [0.15, 0.2) is 17.5 Å². The smallest absolute Gasteiger partial charge is 0.254 e. The lowest BCUT2D eigenvalue weighted by Crippen LogP contribution is -2.31. The maximum Gasteiger partial charge on any atom is 0.254 e. The van der Waals surface area contributed by atoms with E-state index < -0.39 is 28.9 Å². The predicted molar refractivity (Wildman–Crippen MR) is 85.4 cm³/mol. The van der Waals surface area contributed by atoms with Crippen LogP contribution in [0.3, 0.4) is 0 Å². The fourth-order valence-corrected chi connectivity index (χ4v) is 2.92. The first-order chi connectivity index (χ1) is 12.0. The molecular weight excluding hydrogens is 336 g/mol. The SMILES string of the molecule is O=C(NCC1CCN(c2ccc(F)cc2)C1)c1ccc(F)c(F)c1F. The molecule has 1 N–H and O–H groups in total. The summed E-state index contributed by atoms with van der Waals surface area (Å²) in [5.74, 6) is -5.44. The molecule has 2 aromatic carbocycles. The van der Waals surface area contributed by atoms with Crippen molar-refractivity contribution in [1.82, 2.24) is 5.32 Å². The summed E-state index contributed by atoms with van der Waals surface area (Å²) in [6, 6.07) is 7.79. The lowest BCUT2D eigenvalue weighted by molar-refractivity contribution is 0.0943. The number of rotatable bonds is 4. The Morgan fingerprint density at radius 2 is 1.76 bits per heavy atom. The molecule has 0 spiro atoms. The van der Waals surface area contributed by atoms with E-state index in [-0.39, 0.29) is 18.3 Å². The highest BCUT2D eigenvalue weighted by molar-refractivity contribution is 5.94. The number of benzene rings is 2. The summed E-state index contributed by atoms with van der Waals surface area (Å²) >= 11 is 0. The zero-order valence-electron chi connectivity index (χ0n) is 13.2. The number of hydrogen-bond acceptors (Lipinski definition) is 2. The molecule has 1 aliphatic heterocycles. The van der Waals surface area contributed by atoms with Crippen LogP contribution < -0.4 is 10.2 Å². The Labute approximate surface area is 142 Å². The minimum atomic E-state index is -1.66. The molecule has 1 aliphatic rings. The number of carbonyl (C=O) groups excluding carboxylic acids is 1. The molecule has 1 heterocycles. The Balaban J connectivity index is 1.57. The first-order valence-electron chi connectivity index (χ1n) is 7.88. The third-order valence-electron chi connectivity index (χ3n) is 4.31. The van der Waals surface area contributed by atoms with Crippen LogP contribution in [0, 0.1) is 29.2 Å². The van der Waals surface area contributed by atoms with Crippen molar-refractivity contribution in [1.29, 1.82) is 0 Å². The Bertz CT molecular complexity index is 779. The molecule has 7 heteroatoms. The molecule has 132 valence electrons. The standard InChI is InChI=1S/C18H16F4N2O/c19-12-1-3-13(4-2-12)24-8-7-11(10-24)9-23-18(25)14-5-6-15(20)17(22)16(14)21/h1-6,11H,7-10H2,(H,23,25). The highest BCUT2D eigenvalue weighted by Gasteiger charge is 2.24. The second kappa shape index (κ2) is 7.13. The highest BCUT2D eigenvalue weighted by atomic mass is 19.2. The third-order valence-corrected chi connectivity index (χ3v) is 4.31. The zero-order chi connectivity index (χ0) is 18.0. The molecule has 25 heavy (non-hydrogen) atoms. The van der Waals surface area contributed by atoms with Crippen LogP contribution in [0.1, 0.15) is 16.8 Å². The number of amides is 1. The largest absolute Gasteiger partial charge is 0.371 e. The molecule has 0 aliphatic carbocycles. The van der Waals surface area contributed by atoms with E-state index in [0.29, 0.717) is 6.54 Å². The van der Waals surface area contributed by atoms with Crippen molar-refractivity contribution in [3.8, 4) is 0 Å². The molecule has 1 unspecified atom stereocenters. The first kappa shape index (κ1) is 17.3. The van der Waals surface area contributed by atoms with Crippen LogP contribution in [0.15, 0.2) is 36.4 Å². The van der Waals surface area contributed by atoms with Crippen LogP contribution in [-0.4, -0.2) is 25.5 Å². The van der Waals surface area contributed by atoms with E-state index in [1.165, 1.54) is 12.1 Å². The minimum Gasteiger partial charge on any atom is -0.371 e. The van der Waals surface area contributed by atoms with Gasteiger partial charge in [-0.1, -0.05) is 0 Å². The quantitative estimate of drug-likeness (QED) is 0.675. The Morgan fingerprint density at radius 3 is 2.48 bits per heavy atom. The molecule has 3 rings (SSSR count). The third kappa shape index (κ3) is 3.75. The van der Waals surface area contributed by atoms with Crippen molar-refractivity contribution >= 4 is 11.6 Å². The average Bonchev–Trinajstić information content (AvgIpc) is 3.07. The molecule has 3 nitrogen and oxygen atoms in total. The van der Waals surface area contributed by atoms with Gasteiger partial charge < -0.3 is 10.2 Å². The average molecular weight is 352 g/mol. The van der Waals surface area contributed by atoms with Gasteiger partial charge in [-0.25, -0.2) is 17.6 Å². The van der Waals surface area contributed by atoms with E-state index >= 15 is 0 Å². The van der Waals surface area contributed by atoms with E-state index in [2.05, 4.69) is 10.2 Å². The number of nitrogens with zero attached hydrogens (tertiary/aromatic N) is 1. The summed E-state index contributed by atoms with van der Waals surface area (Å²) in [6.45, 7) is 1.70. The first-order valence-corrected chi connectivity index (χ1v) is 7.88. The maximum atomic E-state index is 13.6. The van der Waals surface area contributed by atoms with Crippen molar-refractivity contribution in [3.63, 3.8) is 0 Å². The maximum absolute atomic E-state index is 13.6. The number of carbonyl (C=O) groups is 1. The van der Waals surface area contributed by atoms with Crippen molar-refractivity contribution in [2.75, 3.05) is 24.5 Å². The lowest BCUT2D eigenvalue weighted by Gasteiger charge is -2.19. The number of hydrogen-bond donors (Lipinski definition) is 1. The van der Waals surface area contributed by atoms with Crippen molar-refractivity contribution in [2.24, 2.45) is 5.92 Å². The van der Waals surface area contributed by atoms with E-state index in [1.807, 2.05) is 0 Å². The second-order valence-corrected chi connectivity index (χ2v) is 6.01. The van der Waals surface area contributed by atoms with Crippen LogP contribution in [-0.2, 0) is 0 Å². The van der Waals surface area contributed by atoms with Crippen LogP contribution in [0.4, 0.5) is 23.2 Å². The fraction of sp³-hybridized carbons (Fsp3) is 0.278. The number of nitrogens with one attached hydrogen (secondary N) is 1. The molecule has 0 bridgehead atoms. The summed E-state index contributed by atoms with van der Waals surface area (Å²) in [5, 5.41) is 2.55. The molecule has 1 saturated heterocycles. The summed E-state index contributed by atoms with van der Waals surface area (Å²) in [5.41, 5.74) is 0.370. The molecule has 1 amide bonds. The molecule has 1 fully saturated rings. The van der Waals surface area contributed by atoms with Crippen LogP contribution >= 0.6 is 0 Å². The molecule has 0 radical (unpaired) electrons. The summed E-state index contributed by atoms with van der Waals surface area (Å²) in [4.78, 5) is 14.0. The molecule has 0 saturated carbocycles. The molecule has 2 aromatic rings. The Kier molecular flexibility index (Phi) is 4.92. The zero-order valence-corrected chi connectivity index (χ0v) is 13.2. The van der Waals surface area contributed by atoms with E-state index in [0.717, 1.165) is 30.8 Å². The van der Waals surface area contributed by atoms with E-state index in [4.69, 9.17) is 0 Å². The van der Waals surface area contributed by atoms with Crippen molar-refractivity contribution < 1.29 is 22.4 Å². The van der Waals surface area contributed by atoms with Gasteiger partial charge in [-0.15, -0.1) is 0 Å². The molecule has 0 aromatic heterocycles. The fourth-order valence-electron chi connectivity index (χ4n) is 2.92. The number of halogens is 4. The Morgan fingerprint density at radius 1 is 1.04 bits per heavy atom.